The molecule has 5 nitrogen and oxygen atoms in total. The van der Waals surface area contributed by atoms with Gasteiger partial charge < -0.3 is 18.8 Å². The maximum atomic E-state index is 6.36. The van der Waals surface area contributed by atoms with E-state index in [0.29, 0.717) is 31.2 Å². The van der Waals surface area contributed by atoms with Gasteiger partial charge >= 0.3 is 0 Å². The third-order valence-corrected chi connectivity index (χ3v) is 5.32. The van der Waals surface area contributed by atoms with Crippen molar-refractivity contribution in [2.75, 3.05) is 13.2 Å². The lowest BCUT2D eigenvalue weighted by atomic mass is 10.0. The van der Waals surface area contributed by atoms with E-state index in [1.54, 1.807) is 18.6 Å². The first-order valence-electron chi connectivity index (χ1n) is 9.51. The topological polar surface area (TPSA) is 45.5 Å². The Morgan fingerprint density at radius 1 is 1.14 bits per heavy atom. The Hall–Kier alpha value is -2.05. The molecule has 3 aromatic rings. The highest BCUT2D eigenvalue weighted by molar-refractivity contribution is 6.30. The predicted molar refractivity (Wildman–Crippen MR) is 113 cm³/mol. The maximum Gasteiger partial charge on any atom is 0.187 e. The molecular formula is C22H22Cl2N2O3. The second kappa shape index (κ2) is 9.18. The molecule has 7 heteroatoms. The summed E-state index contributed by atoms with van der Waals surface area (Å²) < 4.78 is 20.4. The largest absolute Gasteiger partial charge is 0.491 e. The number of hydrogen-bond acceptors (Lipinski definition) is 4. The van der Waals surface area contributed by atoms with E-state index in [4.69, 9.17) is 37.4 Å². The van der Waals surface area contributed by atoms with E-state index >= 15 is 0 Å². The Balaban J connectivity index is 1.41. The van der Waals surface area contributed by atoms with Gasteiger partial charge in [0.25, 0.3) is 0 Å². The van der Waals surface area contributed by atoms with Gasteiger partial charge in [0.15, 0.2) is 5.79 Å². The third-order valence-electron chi connectivity index (χ3n) is 4.84. The first-order valence-corrected chi connectivity index (χ1v) is 10.3. The van der Waals surface area contributed by atoms with Crippen molar-refractivity contribution in [3.63, 3.8) is 0 Å². The molecule has 0 N–H and O–H groups in total. The lowest BCUT2D eigenvalue weighted by molar-refractivity contribution is -0.184. The molecule has 0 spiro atoms. The SMILES string of the molecule is Clc1ccc(CCC2(Cn3ccnc3)OCC(COc3cccc(Cl)c3)O2)cc1. The predicted octanol–water partition coefficient (Wildman–Crippen LogP) is 5.01. The van der Waals surface area contributed by atoms with Gasteiger partial charge in [-0.05, 0) is 42.3 Å². The number of aromatic nitrogens is 2. The summed E-state index contributed by atoms with van der Waals surface area (Å²) in [5.74, 6) is -0.0164. The normalized spacial score (nSPS) is 21.4. The van der Waals surface area contributed by atoms with E-state index in [0.717, 1.165) is 17.2 Å². The van der Waals surface area contributed by atoms with Crippen LogP contribution in [0.5, 0.6) is 5.75 Å². The Kier molecular flexibility index (Phi) is 6.40. The average molecular weight is 433 g/mol. The monoisotopic (exact) mass is 432 g/mol. The third kappa shape index (κ3) is 5.52. The highest BCUT2D eigenvalue weighted by Gasteiger charge is 2.42. The van der Waals surface area contributed by atoms with E-state index < -0.39 is 5.79 Å². The number of hydrogen-bond donors (Lipinski definition) is 0. The van der Waals surface area contributed by atoms with Gasteiger partial charge in [-0.25, -0.2) is 4.98 Å². The van der Waals surface area contributed by atoms with Crippen LogP contribution in [0, 0.1) is 0 Å². The quantitative estimate of drug-likeness (QED) is 0.501. The van der Waals surface area contributed by atoms with Gasteiger partial charge in [-0.3, -0.25) is 0 Å². The standard InChI is InChI=1S/C22H22Cl2N2O3/c23-18-6-4-17(5-7-18)8-9-22(15-26-11-10-25-16-26)28-14-21(29-22)13-27-20-3-1-2-19(24)12-20/h1-7,10-12,16,21H,8-9,13-15H2. The summed E-state index contributed by atoms with van der Waals surface area (Å²) in [6, 6.07) is 15.2. The molecule has 1 saturated heterocycles. The molecule has 0 saturated carbocycles. The molecule has 1 aliphatic heterocycles. The van der Waals surface area contributed by atoms with Gasteiger partial charge in [0.1, 0.15) is 18.5 Å². The van der Waals surface area contributed by atoms with Crippen LogP contribution in [0.3, 0.4) is 0 Å². The highest BCUT2D eigenvalue weighted by Crippen LogP contribution is 2.31. The summed E-state index contributed by atoms with van der Waals surface area (Å²) in [5.41, 5.74) is 1.19. The molecule has 152 valence electrons. The number of benzene rings is 2. The van der Waals surface area contributed by atoms with Gasteiger partial charge in [0, 0.05) is 28.9 Å². The summed E-state index contributed by atoms with van der Waals surface area (Å²) in [6.45, 7) is 1.43. The zero-order valence-electron chi connectivity index (χ0n) is 15.8. The number of imidazole rings is 1. The molecule has 29 heavy (non-hydrogen) atoms. The van der Waals surface area contributed by atoms with Gasteiger partial charge in [-0.1, -0.05) is 41.4 Å². The zero-order chi connectivity index (χ0) is 20.1. The molecule has 0 bridgehead atoms. The van der Waals surface area contributed by atoms with Crippen LogP contribution in [0.15, 0.2) is 67.3 Å². The van der Waals surface area contributed by atoms with Crippen molar-refractivity contribution in [1.82, 2.24) is 9.55 Å². The van der Waals surface area contributed by atoms with Gasteiger partial charge in [-0.15, -0.1) is 0 Å². The highest BCUT2D eigenvalue weighted by atomic mass is 35.5. The minimum atomic E-state index is -0.733. The molecule has 4 rings (SSSR count). The fraction of sp³-hybridized carbons (Fsp3) is 0.318. The lowest BCUT2D eigenvalue weighted by Crippen LogP contribution is -2.37. The van der Waals surface area contributed by atoms with Crippen LogP contribution < -0.4 is 4.74 Å². The van der Waals surface area contributed by atoms with Crippen LogP contribution in [0.4, 0.5) is 0 Å². The zero-order valence-corrected chi connectivity index (χ0v) is 17.4. The van der Waals surface area contributed by atoms with Crippen molar-refractivity contribution in [2.24, 2.45) is 0 Å². The van der Waals surface area contributed by atoms with Crippen LogP contribution in [-0.4, -0.2) is 34.7 Å². The maximum absolute atomic E-state index is 6.36. The fourth-order valence-corrected chi connectivity index (χ4v) is 3.69. The van der Waals surface area contributed by atoms with Crippen molar-refractivity contribution in [3.8, 4) is 5.75 Å². The molecule has 0 aliphatic carbocycles. The summed E-state index contributed by atoms with van der Waals surface area (Å²) in [5, 5.41) is 1.37. The Morgan fingerprint density at radius 3 is 2.76 bits per heavy atom. The summed E-state index contributed by atoms with van der Waals surface area (Å²) >= 11 is 12.0. The molecule has 2 atom stereocenters. The molecule has 1 aliphatic rings. The first-order chi connectivity index (χ1) is 14.1. The number of aryl methyl sites for hydroxylation is 1. The molecule has 2 aromatic carbocycles. The second-order valence-electron chi connectivity index (χ2n) is 7.09. The van der Waals surface area contributed by atoms with Crippen LogP contribution in [0.2, 0.25) is 10.0 Å². The first kappa shape index (κ1) is 20.2. The Morgan fingerprint density at radius 2 is 2.00 bits per heavy atom. The van der Waals surface area contributed by atoms with Crippen molar-refractivity contribution >= 4 is 23.2 Å². The number of rotatable bonds is 8. The van der Waals surface area contributed by atoms with Crippen molar-refractivity contribution in [3.05, 3.63) is 82.9 Å². The number of nitrogens with zero attached hydrogens (tertiary/aromatic N) is 2. The van der Waals surface area contributed by atoms with Crippen LogP contribution in [0.1, 0.15) is 12.0 Å². The smallest absolute Gasteiger partial charge is 0.187 e. The Labute approximate surface area is 180 Å². The Bertz CT molecular complexity index is 918. The van der Waals surface area contributed by atoms with E-state index in [9.17, 15) is 0 Å². The van der Waals surface area contributed by atoms with E-state index in [1.165, 1.54) is 5.56 Å². The molecule has 2 unspecified atom stereocenters. The van der Waals surface area contributed by atoms with Gasteiger partial charge in [-0.2, -0.15) is 0 Å². The molecule has 1 aromatic heterocycles. The minimum absolute atomic E-state index is 0.164. The van der Waals surface area contributed by atoms with E-state index in [2.05, 4.69) is 4.98 Å². The molecule has 0 radical (unpaired) electrons. The van der Waals surface area contributed by atoms with Crippen LogP contribution >= 0.6 is 23.2 Å². The minimum Gasteiger partial charge on any atom is -0.491 e. The summed E-state index contributed by atoms with van der Waals surface area (Å²) in [6.07, 6.45) is 6.79. The van der Waals surface area contributed by atoms with E-state index in [1.807, 2.05) is 53.2 Å². The number of ether oxygens (including phenoxy) is 3. The van der Waals surface area contributed by atoms with Crippen LogP contribution in [0.25, 0.3) is 0 Å². The lowest BCUT2D eigenvalue weighted by Gasteiger charge is -2.28. The fourth-order valence-electron chi connectivity index (χ4n) is 3.38. The summed E-state index contributed by atoms with van der Waals surface area (Å²) in [4.78, 5) is 4.13. The average Bonchev–Trinajstić information content (AvgIpc) is 3.37. The van der Waals surface area contributed by atoms with Gasteiger partial charge in [0.05, 0.1) is 19.5 Å². The molecule has 1 fully saturated rings. The van der Waals surface area contributed by atoms with Crippen LogP contribution in [-0.2, 0) is 22.4 Å². The van der Waals surface area contributed by atoms with Crippen molar-refractivity contribution in [1.29, 1.82) is 0 Å². The summed E-state index contributed by atoms with van der Waals surface area (Å²) in [7, 11) is 0. The molecule has 2 heterocycles. The molecule has 0 amide bonds. The molecular weight excluding hydrogens is 411 g/mol. The second-order valence-corrected chi connectivity index (χ2v) is 7.96. The van der Waals surface area contributed by atoms with E-state index in [-0.39, 0.29) is 6.10 Å². The van der Waals surface area contributed by atoms with Gasteiger partial charge in [0.2, 0.25) is 0 Å². The van der Waals surface area contributed by atoms with Crippen molar-refractivity contribution in [2.45, 2.75) is 31.3 Å². The van der Waals surface area contributed by atoms with Crippen molar-refractivity contribution < 1.29 is 14.2 Å². The number of halogens is 2.